The number of H-pyrrole nitrogens is 1. The number of carbonyl (C=O) groups is 1. The van der Waals surface area contributed by atoms with E-state index in [2.05, 4.69) is 9.97 Å². The largest absolute Gasteiger partial charge is 0.381 e. The fourth-order valence-electron chi connectivity index (χ4n) is 0.680. The average molecular weight is 202 g/mol. The molecule has 0 saturated heterocycles. The maximum Gasteiger partial charge on any atom is 0.268 e. The highest BCUT2D eigenvalue weighted by Gasteiger charge is 2.03. The second-order valence-corrected chi connectivity index (χ2v) is 2.98. The summed E-state index contributed by atoms with van der Waals surface area (Å²) < 4.78 is 20.6. The van der Waals surface area contributed by atoms with Gasteiger partial charge >= 0.3 is 0 Å². The Kier molecular flexibility index (Phi) is 2.33. The number of aromatic nitrogens is 2. The zero-order valence-electron chi connectivity index (χ0n) is 6.31. The summed E-state index contributed by atoms with van der Waals surface area (Å²) in [6, 6.07) is 0. The minimum Gasteiger partial charge on any atom is -0.381 e. The number of amides is 1. The molecule has 0 bridgehead atoms. The van der Waals surface area contributed by atoms with Gasteiger partial charge in [0.15, 0.2) is 5.82 Å². The van der Waals surface area contributed by atoms with Gasteiger partial charge in [-0.3, -0.25) is 4.79 Å². The van der Waals surface area contributed by atoms with Crippen LogP contribution in [0.25, 0.3) is 0 Å². The lowest BCUT2D eigenvalue weighted by atomic mass is 10.4. The summed E-state index contributed by atoms with van der Waals surface area (Å²) in [5.41, 5.74) is 9.98. The van der Waals surface area contributed by atoms with Gasteiger partial charge in [-0.05, 0) is 0 Å². The van der Waals surface area contributed by atoms with Crippen LogP contribution >= 0.6 is 0 Å². The third-order valence-corrected chi connectivity index (χ3v) is 1.89. The van der Waals surface area contributed by atoms with Crippen molar-refractivity contribution in [2.24, 2.45) is 5.73 Å². The normalized spacial score (nSPS) is 9.54. The summed E-state index contributed by atoms with van der Waals surface area (Å²) in [6.45, 7) is 0. The molecule has 0 aliphatic rings. The molecule has 5 N–H and O–H groups in total. The smallest absolute Gasteiger partial charge is 0.268 e. The molecule has 0 spiro atoms. The molecule has 1 amide bonds. The molecule has 0 radical (unpaired) electrons. The quantitative estimate of drug-likeness (QED) is 0.477. The van der Waals surface area contributed by atoms with Crippen molar-refractivity contribution >= 4 is 22.0 Å². The zero-order valence-corrected chi connectivity index (χ0v) is 7.13. The molecule has 8 heteroatoms. The summed E-state index contributed by atoms with van der Waals surface area (Å²) in [4.78, 5) is 16.3. The lowest BCUT2D eigenvalue weighted by molar-refractivity contribution is 0.0995. The van der Waals surface area contributed by atoms with E-state index in [4.69, 9.17) is 11.5 Å². The molecule has 1 rings (SSSR count). The van der Waals surface area contributed by atoms with Gasteiger partial charge in [0.05, 0.1) is 0 Å². The van der Waals surface area contributed by atoms with Gasteiger partial charge in [0.25, 0.3) is 5.91 Å². The van der Waals surface area contributed by atoms with Crippen molar-refractivity contribution in [3.63, 3.8) is 0 Å². The van der Waals surface area contributed by atoms with Crippen LogP contribution in [0, 0.1) is 4.64 Å². The average Bonchev–Trinajstić information content (AvgIpc) is 2.03. The molecule has 7 nitrogen and oxygen atoms in total. The van der Waals surface area contributed by atoms with Crippen LogP contribution in [-0.2, 0) is 10.3 Å². The summed E-state index contributed by atoms with van der Waals surface area (Å²) >= 11 is 0. The number of nitrogen functional groups attached to an aromatic ring is 1. The number of primary amides is 1. The Hall–Kier alpha value is -1.83. The zero-order chi connectivity index (χ0) is 10.0. The maximum absolute atomic E-state index is 10.6. The summed E-state index contributed by atoms with van der Waals surface area (Å²) in [6.07, 6.45) is 1.07. The maximum atomic E-state index is 10.6. The van der Waals surface area contributed by atoms with Crippen LogP contribution in [0.5, 0.6) is 0 Å². The Balaban J connectivity index is 3.57. The molecule has 0 atom stereocenters. The highest BCUT2D eigenvalue weighted by molar-refractivity contribution is 7.63. The minimum absolute atomic E-state index is 0.119. The molecule has 0 saturated carbocycles. The molecular weight excluding hydrogens is 196 g/mol. The van der Waals surface area contributed by atoms with Crippen LogP contribution in [0.4, 0.5) is 5.82 Å². The van der Waals surface area contributed by atoms with Crippen molar-refractivity contribution < 1.29 is 13.2 Å². The van der Waals surface area contributed by atoms with Gasteiger partial charge in [0.1, 0.15) is 5.69 Å². The van der Waals surface area contributed by atoms with Gasteiger partial charge in [0.2, 0.25) is 14.9 Å². The number of anilines is 1. The first-order chi connectivity index (χ1) is 6.02. The number of aromatic amines is 1. The van der Waals surface area contributed by atoms with Crippen molar-refractivity contribution in [1.29, 1.82) is 0 Å². The Bertz CT molecular complexity index is 507. The first kappa shape index (κ1) is 9.26. The molecule has 1 heterocycles. The van der Waals surface area contributed by atoms with Gasteiger partial charge < -0.3 is 16.5 Å². The number of rotatable bonds is 1. The molecule has 0 fully saturated rings. The van der Waals surface area contributed by atoms with E-state index in [-0.39, 0.29) is 16.2 Å². The van der Waals surface area contributed by atoms with Gasteiger partial charge in [-0.25, -0.2) is 4.98 Å². The fourth-order valence-corrected chi connectivity index (χ4v) is 1.05. The monoisotopic (exact) mass is 202 g/mol. The van der Waals surface area contributed by atoms with E-state index in [1.807, 2.05) is 0 Å². The minimum atomic E-state index is -2.51. The first-order valence-electron chi connectivity index (χ1n) is 3.09. The molecule has 0 unspecified atom stereocenters. The van der Waals surface area contributed by atoms with Crippen molar-refractivity contribution in [2.45, 2.75) is 0 Å². The van der Waals surface area contributed by atoms with E-state index >= 15 is 0 Å². The Morgan fingerprint density at radius 1 is 1.54 bits per heavy atom. The summed E-state index contributed by atoms with van der Waals surface area (Å²) in [5, 5.41) is 0. The molecule has 1 aromatic rings. The summed E-state index contributed by atoms with van der Waals surface area (Å²) in [7, 11) is -2.51. The van der Waals surface area contributed by atoms with E-state index < -0.39 is 16.2 Å². The third kappa shape index (κ3) is 1.85. The molecule has 0 aliphatic heterocycles. The Morgan fingerprint density at radius 2 is 2.15 bits per heavy atom. The predicted molar refractivity (Wildman–Crippen MR) is 43.7 cm³/mol. The van der Waals surface area contributed by atoms with Crippen LogP contribution in [-0.4, -0.2) is 24.3 Å². The standard InChI is InChI=1S/C5H6N4O3S/c6-3-5(13(11)12)8-1-2(9-3)4(7)10/h1,8H,(H2,6,9)(H2,7,10). The van der Waals surface area contributed by atoms with E-state index in [1.54, 1.807) is 0 Å². The molecule has 0 aliphatic carbocycles. The van der Waals surface area contributed by atoms with Gasteiger partial charge in [-0.1, -0.05) is 0 Å². The number of hydrogen-bond donors (Lipinski definition) is 3. The van der Waals surface area contributed by atoms with E-state index in [0.29, 0.717) is 0 Å². The number of nitrogens with zero attached hydrogens (tertiary/aromatic N) is 1. The van der Waals surface area contributed by atoms with Gasteiger partial charge in [-0.2, -0.15) is 8.42 Å². The van der Waals surface area contributed by atoms with Crippen LogP contribution in [0.15, 0.2) is 6.20 Å². The van der Waals surface area contributed by atoms with E-state index in [9.17, 15) is 13.2 Å². The second kappa shape index (κ2) is 3.27. The van der Waals surface area contributed by atoms with Crippen molar-refractivity contribution in [1.82, 2.24) is 9.97 Å². The second-order valence-electron chi connectivity index (χ2n) is 2.10. The summed E-state index contributed by atoms with van der Waals surface area (Å²) in [5.74, 6) is -1.07. The molecule has 70 valence electrons. The van der Waals surface area contributed by atoms with Crippen LogP contribution in [0.3, 0.4) is 0 Å². The highest BCUT2D eigenvalue weighted by Crippen LogP contribution is 1.97. The predicted octanol–water partition coefficient (Wildman–Crippen LogP) is -1.50. The van der Waals surface area contributed by atoms with Crippen LogP contribution in [0.2, 0.25) is 0 Å². The third-order valence-electron chi connectivity index (χ3n) is 1.23. The molecule has 0 aromatic carbocycles. The number of nitrogens with two attached hydrogens (primary N) is 2. The highest BCUT2D eigenvalue weighted by atomic mass is 32.2. The van der Waals surface area contributed by atoms with Gasteiger partial charge in [0, 0.05) is 6.20 Å². The lowest BCUT2D eigenvalue weighted by Gasteiger charge is -1.95. The topological polar surface area (TPSA) is 132 Å². The van der Waals surface area contributed by atoms with E-state index in [0.717, 1.165) is 6.20 Å². The molecule has 1 aromatic heterocycles. The SMILES string of the molecule is NC(=O)c1c[nH]c(=S(=O)=O)c(N)n1. The van der Waals surface area contributed by atoms with Crippen molar-refractivity contribution in [2.75, 3.05) is 5.73 Å². The Morgan fingerprint density at radius 3 is 2.54 bits per heavy atom. The van der Waals surface area contributed by atoms with Crippen LogP contribution in [0.1, 0.15) is 10.5 Å². The van der Waals surface area contributed by atoms with Gasteiger partial charge in [-0.15, -0.1) is 0 Å². The van der Waals surface area contributed by atoms with E-state index in [1.165, 1.54) is 0 Å². The lowest BCUT2D eigenvalue weighted by Crippen LogP contribution is -2.14. The fraction of sp³-hybridized carbons (Fsp3) is 0. The van der Waals surface area contributed by atoms with Crippen molar-refractivity contribution in [3.05, 3.63) is 16.5 Å². The van der Waals surface area contributed by atoms with Crippen molar-refractivity contribution in [3.8, 4) is 0 Å². The first-order valence-corrected chi connectivity index (χ1v) is 4.17. The molecular formula is C5H6N4O3S. The molecule has 13 heavy (non-hydrogen) atoms. The number of carbonyl (C=O) groups excluding carboxylic acids is 1. The Labute approximate surface area is 73.9 Å². The number of nitrogens with one attached hydrogen (secondary N) is 1. The number of hydrogen-bond acceptors (Lipinski definition) is 5. The van der Waals surface area contributed by atoms with Crippen LogP contribution < -0.4 is 11.5 Å².